The number of aryl methyl sites for hydroxylation is 2. The van der Waals surface area contributed by atoms with Crippen molar-refractivity contribution >= 4 is 23.7 Å². The molecule has 7 nitrogen and oxygen atoms in total. The zero-order valence-electron chi connectivity index (χ0n) is 21.3. The van der Waals surface area contributed by atoms with Crippen LogP contribution >= 0.6 is 11.6 Å². The predicted molar refractivity (Wildman–Crippen MR) is 145 cm³/mol. The standard InChI is InChI=1S/C29H30ClN3O4/c1-5-21(4)36-27-14-8-23(30)16-22(27)17-31-32-29(34)28-15-13-26(37-28)18-35-25-11-9-24(10-12-25)33-19(2)6-7-20(33)3/h6-17,21H,5,18H2,1-4H3,(H,32,34)/b31-17+/t21-/m0/s1. The van der Waals surface area contributed by atoms with Gasteiger partial charge < -0.3 is 18.5 Å². The third-order valence-corrected chi connectivity index (χ3v) is 6.11. The number of nitrogens with one attached hydrogen (secondary N) is 1. The van der Waals surface area contributed by atoms with Gasteiger partial charge in [0.1, 0.15) is 23.9 Å². The van der Waals surface area contributed by atoms with Crippen LogP contribution < -0.4 is 14.9 Å². The van der Waals surface area contributed by atoms with Gasteiger partial charge in [0.2, 0.25) is 0 Å². The summed E-state index contributed by atoms with van der Waals surface area (Å²) in [6, 6.07) is 20.6. The summed E-state index contributed by atoms with van der Waals surface area (Å²) in [4.78, 5) is 12.5. The highest BCUT2D eigenvalue weighted by Gasteiger charge is 2.12. The van der Waals surface area contributed by atoms with E-state index in [1.807, 2.05) is 38.1 Å². The molecule has 37 heavy (non-hydrogen) atoms. The molecule has 0 radical (unpaired) electrons. The van der Waals surface area contributed by atoms with Crippen LogP contribution in [0.15, 0.2) is 76.2 Å². The minimum atomic E-state index is -0.476. The number of hydrogen-bond donors (Lipinski definition) is 1. The number of carbonyl (C=O) groups excluding carboxylic acids is 1. The minimum Gasteiger partial charge on any atom is -0.490 e. The zero-order valence-corrected chi connectivity index (χ0v) is 22.1. The first-order chi connectivity index (χ1) is 17.8. The lowest BCUT2D eigenvalue weighted by Crippen LogP contribution is -2.17. The van der Waals surface area contributed by atoms with Crippen LogP contribution in [0, 0.1) is 13.8 Å². The predicted octanol–water partition coefficient (Wildman–Crippen LogP) is 6.86. The van der Waals surface area contributed by atoms with Gasteiger partial charge >= 0.3 is 5.91 Å². The summed E-state index contributed by atoms with van der Waals surface area (Å²) in [6.45, 7) is 8.36. The summed E-state index contributed by atoms with van der Waals surface area (Å²) in [6.07, 6.45) is 2.39. The van der Waals surface area contributed by atoms with Gasteiger partial charge in [0.05, 0.1) is 12.3 Å². The summed E-state index contributed by atoms with van der Waals surface area (Å²) in [5.41, 5.74) is 6.55. The Morgan fingerprint density at radius 1 is 1.08 bits per heavy atom. The van der Waals surface area contributed by atoms with Crippen LogP contribution in [0.2, 0.25) is 5.02 Å². The fraction of sp³-hybridized carbons (Fsp3) is 0.241. The Morgan fingerprint density at radius 3 is 2.51 bits per heavy atom. The number of hydrazone groups is 1. The van der Waals surface area contributed by atoms with E-state index in [4.69, 9.17) is 25.5 Å². The van der Waals surface area contributed by atoms with Crippen molar-refractivity contribution < 1.29 is 18.7 Å². The van der Waals surface area contributed by atoms with Crippen LogP contribution in [-0.2, 0) is 6.61 Å². The maximum absolute atomic E-state index is 12.5. The fourth-order valence-electron chi connectivity index (χ4n) is 3.74. The lowest BCUT2D eigenvalue weighted by Gasteiger charge is -2.14. The van der Waals surface area contributed by atoms with Gasteiger partial charge in [-0.05, 0) is 93.9 Å². The van der Waals surface area contributed by atoms with Crippen molar-refractivity contribution in [2.75, 3.05) is 0 Å². The van der Waals surface area contributed by atoms with Crippen molar-refractivity contribution in [3.05, 3.63) is 100 Å². The number of aromatic nitrogens is 1. The molecule has 0 unspecified atom stereocenters. The molecule has 2 aromatic carbocycles. The molecular formula is C29H30ClN3O4. The van der Waals surface area contributed by atoms with Crippen molar-refractivity contribution in [3.8, 4) is 17.2 Å². The molecule has 1 N–H and O–H groups in total. The summed E-state index contributed by atoms with van der Waals surface area (Å²) in [5, 5.41) is 4.59. The van der Waals surface area contributed by atoms with E-state index in [9.17, 15) is 4.79 Å². The third-order valence-electron chi connectivity index (χ3n) is 5.88. The molecule has 0 fully saturated rings. The molecular weight excluding hydrogens is 490 g/mol. The van der Waals surface area contributed by atoms with Crippen LogP contribution in [-0.4, -0.2) is 22.8 Å². The number of furan rings is 1. The highest BCUT2D eigenvalue weighted by molar-refractivity contribution is 6.30. The lowest BCUT2D eigenvalue weighted by molar-refractivity contribution is 0.0923. The average Bonchev–Trinajstić information content (AvgIpc) is 3.50. The zero-order chi connectivity index (χ0) is 26.4. The SMILES string of the molecule is CC[C@H](C)Oc1ccc(Cl)cc1/C=N/NC(=O)c1ccc(COc2ccc(-n3c(C)ccc3C)cc2)o1. The van der Waals surface area contributed by atoms with Crippen LogP contribution in [0.1, 0.15) is 53.5 Å². The smallest absolute Gasteiger partial charge is 0.307 e. The molecule has 2 aromatic heterocycles. The average molecular weight is 520 g/mol. The molecule has 0 spiro atoms. The number of benzene rings is 2. The van der Waals surface area contributed by atoms with E-state index in [0.29, 0.717) is 27.8 Å². The number of ether oxygens (including phenoxy) is 2. The van der Waals surface area contributed by atoms with Gasteiger partial charge in [-0.3, -0.25) is 4.79 Å². The van der Waals surface area contributed by atoms with Gasteiger partial charge in [-0.25, -0.2) is 5.43 Å². The van der Waals surface area contributed by atoms with Gasteiger partial charge in [0.25, 0.3) is 0 Å². The highest BCUT2D eigenvalue weighted by Crippen LogP contribution is 2.23. The topological polar surface area (TPSA) is 78.0 Å². The van der Waals surface area contributed by atoms with E-state index in [1.165, 1.54) is 17.6 Å². The number of hydrogen-bond acceptors (Lipinski definition) is 5. The van der Waals surface area contributed by atoms with E-state index in [2.05, 4.69) is 41.1 Å². The highest BCUT2D eigenvalue weighted by atomic mass is 35.5. The molecule has 0 aliphatic heterocycles. The van der Waals surface area contributed by atoms with E-state index in [1.54, 1.807) is 30.3 Å². The van der Waals surface area contributed by atoms with Gasteiger partial charge in [0, 0.05) is 27.7 Å². The Morgan fingerprint density at radius 2 is 1.81 bits per heavy atom. The Hall–Kier alpha value is -3.97. The lowest BCUT2D eigenvalue weighted by atomic mass is 10.2. The molecule has 0 saturated heterocycles. The molecule has 8 heteroatoms. The fourth-order valence-corrected chi connectivity index (χ4v) is 3.92. The Labute approximate surface area is 221 Å². The van der Waals surface area contributed by atoms with Crippen molar-refractivity contribution in [2.24, 2.45) is 5.10 Å². The molecule has 192 valence electrons. The quantitative estimate of drug-likeness (QED) is 0.183. The summed E-state index contributed by atoms with van der Waals surface area (Å²) in [7, 11) is 0. The normalized spacial score (nSPS) is 12.0. The van der Waals surface area contributed by atoms with Crippen molar-refractivity contribution in [2.45, 2.75) is 46.8 Å². The molecule has 0 aliphatic rings. The van der Waals surface area contributed by atoms with Crippen LogP contribution in [0.3, 0.4) is 0 Å². The van der Waals surface area contributed by atoms with Gasteiger partial charge in [-0.15, -0.1) is 0 Å². The number of amides is 1. The largest absolute Gasteiger partial charge is 0.490 e. The molecule has 0 bridgehead atoms. The molecule has 0 saturated carbocycles. The molecule has 1 atom stereocenters. The van der Waals surface area contributed by atoms with Crippen LogP contribution in [0.5, 0.6) is 11.5 Å². The van der Waals surface area contributed by atoms with Gasteiger partial charge in [0.15, 0.2) is 5.76 Å². The monoisotopic (exact) mass is 519 g/mol. The second-order valence-corrected chi connectivity index (χ2v) is 9.15. The van der Waals surface area contributed by atoms with Crippen molar-refractivity contribution in [1.82, 2.24) is 9.99 Å². The molecule has 4 aromatic rings. The number of rotatable bonds is 10. The molecule has 4 rings (SSSR count). The van der Waals surface area contributed by atoms with Crippen LogP contribution in [0.25, 0.3) is 5.69 Å². The Balaban J connectivity index is 1.33. The first kappa shape index (κ1) is 26.1. The molecule has 0 aliphatic carbocycles. The minimum absolute atomic E-state index is 0.0393. The van der Waals surface area contributed by atoms with Gasteiger partial charge in [-0.1, -0.05) is 18.5 Å². The van der Waals surface area contributed by atoms with Crippen LogP contribution in [0.4, 0.5) is 0 Å². The van der Waals surface area contributed by atoms with E-state index < -0.39 is 5.91 Å². The maximum atomic E-state index is 12.5. The van der Waals surface area contributed by atoms with E-state index in [0.717, 1.165) is 12.1 Å². The Bertz CT molecular complexity index is 1370. The second-order valence-electron chi connectivity index (χ2n) is 8.72. The van der Waals surface area contributed by atoms with E-state index >= 15 is 0 Å². The molecule has 2 heterocycles. The molecule has 1 amide bonds. The van der Waals surface area contributed by atoms with Crippen molar-refractivity contribution in [1.29, 1.82) is 0 Å². The summed E-state index contributed by atoms with van der Waals surface area (Å²) in [5.74, 6) is 1.52. The number of halogens is 1. The maximum Gasteiger partial charge on any atom is 0.307 e. The number of nitrogens with zero attached hydrogens (tertiary/aromatic N) is 2. The van der Waals surface area contributed by atoms with Gasteiger partial charge in [-0.2, -0.15) is 5.10 Å². The van der Waals surface area contributed by atoms with E-state index in [-0.39, 0.29) is 18.5 Å². The van der Waals surface area contributed by atoms with Crippen molar-refractivity contribution in [3.63, 3.8) is 0 Å². The third kappa shape index (κ3) is 6.62. The first-order valence-electron chi connectivity index (χ1n) is 12.1. The second kappa shape index (κ2) is 11.8. The number of carbonyl (C=O) groups is 1. The summed E-state index contributed by atoms with van der Waals surface area (Å²) < 4.78 is 19.5. The first-order valence-corrected chi connectivity index (χ1v) is 12.5. The Kier molecular flexibility index (Phi) is 8.36. The summed E-state index contributed by atoms with van der Waals surface area (Å²) >= 11 is 6.11.